The number of hydrogen-bond donors (Lipinski definition) is 1. The first kappa shape index (κ1) is 13.2. The van der Waals surface area contributed by atoms with Crippen molar-refractivity contribution in [2.75, 3.05) is 23.7 Å². The fourth-order valence-electron chi connectivity index (χ4n) is 2.90. The minimum absolute atomic E-state index is 0.237. The molecule has 1 aromatic carbocycles. The summed E-state index contributed by atoms with van der Waals surface area (Å²) in [5.41, 5.74) is 7.16. The van der Waals surface area contributed by atoms with Gasteiger partial charge in [-0.25, -0.2) is 4.39 Å². The second-order valence-electron chi connectivity index (χ2n) is 5.32. The number of nitrogens with two attached hydrogens (primary N) is 1. The van der Waals surface area contributed by atoms with E-state index in [0.29, 0.717) is 5.69 Å². The number of anilines is 2. The Labute approximate surface area is 109 Å². The third kappa shape index (κ3) is 3.37. The largest absolute Gasteiger partial charge is 0.399 e. The molecule has 0 bridgehead atoms. The van der Waals surface area contributed by atoms with Crippen LogP contribution < -0.4 is 10.6 Å². The Morgan fingerprint density at radius 1 is 1.28 bits per heavy atom. The quantitative estimate of drug-likeness (QED) is 0.826. The van der Waals surface area contributed by atoms with Gasteiger partial charge in [0.05, 0.1) is 0 Å². The number of hydrogen-bond acceptors (Lipinski definition) is 2. The normalized spacial score (nSPS) is 20.8. The molecule has 1 aliphatic rings. The van der Waals surface area contributed by atoms with Crippen LogP contribution in [-0.4, -0.2) is 13.1 Å². The van der Waals surface area contributed by atoms with Crippen LogP contribution in [0.5, 0.6) is 0 Å². The number of nitrogen functional groups attached to an aromatic ring is 1. The van der Waals surface area contributed by atoms with Crippen molar-refractivity contribution in [2.24, 2.45) is 5.92 Å². The van der Waals surface area contributed by atoms with E-state index in [1.165, 1.54) is 38.2 Å². The minimum atomic E-state index is -0.237. The van der Waals surface area contributed by atoms with Gasteiger partial charge in [0.1, 0.15) is 5.82 Å². The first-order valence-electron chi connectivity index (χ1n) is 7.00. The summed E-state index contributed by atoms with van der Waals surface area (Å²) < 4.78 is 13.4. The average molecular weight is 250 g/mol. The van der Waals surface area contributed by atoms with Gasteiger partial charge in [-0.2, -0.15) is 0 Å². The molecule has 1 heterocycles. The molecule has 3 heteroatoms. The third-order valence-electron chi connectivity index (χ3n) is 3.81. The van der Waals surface area contributed by atoms with Crippen molar-refractivity contribution >= 4 is 11.4 Å². The van der Waals surface area contributed by atoms with Crippen LogP contribution in [0.25, 0.3) is 0 Å². The van der Waals surface area contributed by atoms with Gasteiger partial charge in [0.25, 0.3) is 0 Å². The monoisotopic (exact) mass is 250 g/mol. The Morgan fingerprint density at radius 3 is 2.83 bits per heavy atom. The summed E-state index contributed by atoms with van der Waals surface area (Å²) in [6.45, 7) is 4.28. The van der Waals surface area contributed by atoms with Crippen LogP contribution >= 0.6 is 0 Å². The maximum atomic E-state index is 13.4. The second kappa shape index (κ2) is 6.07. The van der Waals surface area contributed by atoms with Crippen LogP contribution in [0.2, 0.25) is 0 Å². The van der Waals surface area contributed by atoms with E-state index >= 15 is 0 Å². The van der Waals surface area contributed by atoms with Gasteiger partial charge in [0, 0.05) is 24.5 Å². The summed E-state index contributed by atoms with van der Waals surface area (Å²) in [5.74, 6) is 0.602. The van der Waals surface area contributed by atoms with Gasteiger partial charge in [0.15, 0.2) is 0 Å². The molecule has 2 rings (SSSR count). The van der Waals surface area contributed by atoms with E-state index < -0.39 is 0 Å². The molecule has 1 unspecified atom stereocenters. The molecule has 0 radical (unpaired) electrons. The molecule has 100 valence electrons. The molecule has 2 nitrogen and oxygen atoms in total. The SMILES string of the molecule is CCCC1CCCN(c2cc(N)cc(F)c2)CC1. The summed E-state index contributed by atoms with van der Waals surface area (Å²) in [7, 11) is 0. The summed E-state index contributed by atoms with van der Waals surface area (Å²) in [6.07, 6.45) is 6.29. The molecular formula is C15H23FN2. The molecule has 0 aliphatic carbocycles. The van der Waals surface area contributed by atoms with Crippen molar-refractivity contribution < 1.29 is 4.39 Å². The standard InChI is InChI=1S/C15H23FN2/c1-2-4-12-5-3-7-18(8-6-12)15-10-13(16)9-14(17)11-15/h9-12H,2-8,17H2,1H3. The average Bonchev–Trinajstić information content (AvgIpc) is 2.54. The van der Waals surface area contributed by atoms with Crippen LogP contribution in [0, 0.1) is 11.7 Å². The Balaban J connectivity index is 2.05. The molecule has 18 heavy (non-hydrogen) atoms. The summed E-state index contributed by atoms with van der Waals surface area (Å²) in [6, 6.07) is 4.85. The maximum absolute atomic E-state index is 13.4. The lowest BCUT2D eigenvalue weighted by Gasteiger charge is -2.23. The summed E-state index contributed by atoms with van der Waals surface area (Å²) in [4.78, 5) is 2.27. The van der Waals surface area contributed by atoms with Crippen molar-refractivity contribution in [1.82, 2.24) is 0 Å². The molecule has 2 N–H and O–H groups in total. The second-order valence-corrected chi connectivity index (χ2v) is 5.32. The van der Waals surface area contributed by atoms with Crippen LogP contribution in [0.4, 0.5) is 15.8 Å². The van der Waals surface area contributed by atoms with E-state index in [1.807, 2.05) is 6.07 Å². The molecule has 1 atom stereocenters. The summed E-state index contributed by atoms with van der Waals surface area (Å²) in [5, 5.41) is 0. The Bertz CT molecular complexity index is 372. The van der Waals surface area contributed by atoms with Gasteiger partial charge in [-0.15, -0.1) is 0 Å². The van der Waals surface area contributed by atoms with Crippen LogP contribution in [0.3, 0.4) is 0 Å². The zero-order valence-corrected chi connectivity index (χ0v) is 11.2. The van der Waals surface area contributed by atoms with E-state index in [2.05, 4.69) is 11.8 Å². The van der Waals surface area contributed by atoms with Crippen molar-refractivity contribution in [3.05, 3.63) is 24.0 Å². The molecule has 1 aliphatic heterocycles. The first-order chi connectivity index (χ1) is 8.69. The Hall–Kier alpha value is -1.25. The smallest absolute Gasteiger partial charge is 0.127 e. The van der Waals surface area contributed by atoms with Gasteiger partial charge in [-0.1, -0.05) is 19.8 Å². The highest BCUT2D eigenvalue weighted by atomic mass is 19.1. The van der Waals surface area contributed by atoms with E-state index in [-0.39, 0.29) is 5.82 Å². The van der Waals surface area contributed by atoms with Gasteiger partial charge < -0.3 is 10.6 Å². The molecule has 0 amide bonds. The van der Waals surface area contributed by atoms with Crippen LogP contribution in [0.15, 0.2) is 18.2 Å². The molecule has 0 aromatic heterocycles. The lowest BCUT2D eigenvalue weighted by atomic mass is 9.96. The van der Waals surface area contributed by atoms with Gasteiger partial charge >= 0.3 is 0 Å². The van der Waals surface area contributed by atoms with Gasteiger partial charge in [0.2, 0.25) is 0 Å². The molecule has 1 saturated heterocycles. The van der Waals surface area contributed by atoms with Crippen LogP contribution in [0.1, 0.15) is 39.0 Å². The molecule has 1 aromatic rings. The molecular weight excluding hydrogens is 227 g/mol. The van der Waals surface area contributed by atoms with Crippen molar-refractivity contribution in [3.8, 4) is 0 Å². The number of benzene rings is 1. The highest BCUT2D eigenvalue weighted by Crippen LogP contribution is 2.27. The molecule has 1 fully saturated rings. The predicted octanol–water partition coefficient (Wildman–Crippen LogP) is 3.81. The van der Waals surface area contributed by atoms with E-state index in [0.717, 1.165) is 24.7 Å². The highest BCUT2D eigenvalue weighted by Gasteiger charge is 2.17. The zero-order chi connectivity index (χ0) is 13.0. The fourth-order valence-corrected chi connectivity index (χ4v) is 2.90. The zero-order valence-electron chi connectivity index (χ0n) is 11.2. The fraction of sp³-hybridized carbons (Fsp3) is 0.600. The van der Waals surface area contributed by atoms with Gasteiger partial charge in [-0.05, 0) is 43.4 Å². The third-order valence-corrected chi connectivity index (χ3v) is 3.81. The number of nitrogens with zero attached hydrogens (tertiary/aromatic N) is 1. The van der Waals surface area contributed by atoms with E-state index in [4.69, 9.17) is 5.73 Å². The van der Waals surface area contributed by atoms with Crippen molar-refractivity contribution in [1.29, 1.82) is 0 Å². The van der Waals surface area contributed by atoms with Crippen molar-refractivity contribution in [3.63, 3.8) is 0 Å². The highest BCUT2D eigenvalue weighted by molar-refractivity contribution is 5.56. The molecule has 0 saturated carbocycles. The predicted molar refractivity (Wildman–Crippen MR) is 75.3 cm³/mol. The van der Waals surface area contributed by atoms with E-state index in [9.17, 15) is 4.39 Å². The molecule has 0 spiro atoms. The first-order valence-corrected chi connectivity index (χ1v) is 7.00. The van der Waals surface area contributed by atoms with Crippen LogP contribution in [-0.2, 0) is 0 Å². The number of rotatable bonds is 3. The van der Waals surface area contributed by atoms with Crippen molar-refractivity contribution in [2.45, 2.75) is 39.0 Å². The van der Waals surface area contributed by atoms with E-state index in [1.54, 1.807) is 6.07 Å². The lowest BCUT2D eigenvalue weighted by Crippen LogP contribution is -2.24. The maximum Gasteiger partial charge on any atom is 0.127 e. The topological polar surface area (TPSA) is 29.3 Å². The number of halogens is 1. The summed E-state index contributed by atoms with van der Waals surface area (Å²) >= 11 is 0. The van der Waals surface area contributed by atoms with Gasteiger partial charge in [-0.3, -0.25) is 0 Å². The minimum Gasteiger partial charge on any atom is -0.399 e. The Morgan fingerprint density at radius 2 is 2.11 bits per heavy atom. The Kier molecular flexibility index (Phi) is 4.45. The lowest BCUT2D eigenvalue weighted by molar-refractivity contribution is 0.435.